The lowest BCUT2D eigenvalue weighted by molar-refractivity contribution is -0.144. The van der Waals surface area contributed by atoms with E-state index < -0.39 is 17.5 Å². The largest absolute Gasteiger partial charge is 0.480 e. The summed E-state index contributed by atoms with van der Waals surface area (Å²) in [5.41, 5.74) is -1.13. The summed E-state index contributed by atoms with van der Waals surface area (Å²) in [5, 5.41) is 14.4. The normalized spacial score (nSPS) is 18.7. The zero-order chi connectivity index (χ0) is 12.9. The second-order valence-electron chi connectivity index (χ2n) is 4.52. The maximum absolute atomic E-state index is 11.5. The van der Waals surface area contributed by atoms with Crippen LogP contribution < -0.4 is 10.6 Å². The summed E-state index contributed by atoms with van der Waals surface area (Å²) in [5.74, 6) is -0.912. The molecule has 5 heteroatoms. The van der Waals surface area contributed by atoms with Gasteiger partial charge >= 0.3 is 12.0 Å². The van der Waals surface area contributed by atoms with Gasteiger partial charge in [-0.25, -0.2) is 9.59 Å². The van der Waals surface area contributed by atoms with E-state index in [-0.39, 0.29) is 5.92 Å². The first-order valence-electron chi connectivity index (χ1n) is 5.91. The Labute approximate surface area is 101 Å². The minimum Gasteiger partial charge on any atom is -0.480 e. The van der Waals surface area contributed by atoms with Crippen molar-refractivity contribution < 1.29 is 14.7 Å². The van der Waals surface area contributed by atoms with Gasteiger partial charge in [0.15, 0.2) is 0 Å². The fraction of sp³-hybridized carbons (Fsp3) is 0.667. The number of aliphatic carboxylic acids is 1. The van der Waals surface area contributed by atoms with Crippen LogP contribution in [0.5, 0.6) is 0 Å². The molecule has 0 spiro atoms. The molecule has 96 valence electrons. The van der Waals surface area contributed by atoms with E-state index in [1.54, 1.807) is 6.92 Å². The van der Waals surface area contributed by atoms with Gasteiger partial charge in [0.05, 0.1) is 0 Å². The van der Waals surface area contributed by atoms with Gasteiger partial charge in [-0.1, -0.05) is 12.2 Å². The van der Waals surface area contributed by atoms with E-state index in [0.29, 0.717) is 6.54 Å². The maximum Gasteiger partial charge on any atom is 0.329 e. The molecule has 1 rings (SSSR count). The highest BCUT2D eigenvalue weighted by Crippen LogP contribution is 2.39. The minimum atomic E-state index is -1.13. The molecule has 0 saturated heterocycles. The topological polar surface area (TPSA) is 78.4 Å². The van der Waals surface area contributed by atoms with Crippen molar-refractivity contribution in [3.63, 3.8) is 0 Å². The number of carbonyl (C=O) groups excluding carboxylic acids is 1. The monoisotopic (exact) mass is 240 g/mol. The van der Waals surface area contributed by atoms with Crippen molar-refractivity contribution >= 4 is 12.0 Å². The van der Waals surface area contributed by atoms with Crippen LogP contribution in [0, 0.1) is 5.92 Å². The molecule has 1 atom stereocenters. The molecule has 0 bridgehead atoms. The van der Waals surface area contributed by atoms with Crippen LogP contribution in [0.25, 0.3) is 0 Å². The number of hydrogen-bond donors (Lipinski definition) is 3. The molecule has 1 fully saturated rings. The molecule has 1 saturated carbocycles. The number of carboxylic acid groups (broad SMARTS) is 1. The van der Waals surface area contributed by atoms with Crippen LogP contribution in [0.2, 0.25) is 0 Å². The third-order valence-corrected chi connectivity index (χ3v) is 3.04. The highest BCUT2D eigenvalue weighted by atomic mass is 16.4. The molecular weight excluding hydrogens is 220 g/mol. The predicted molar refractivity (Wildman–Crippen MR) is 64.7 cm³/mol. The van der Waals surface area contributed by atoms with Crippen molar-refractivity contribution in [3.05, 3.63) is 12.2 Å². The standard InChI is InChI=1S/C12H20N2O3/c1-3-4-5-8-13-11(17)14-12(2,10(15)16)9-6-7-9/h3-4,9H,5-8H2,1-2H3,(H,15,16)(H2,13,14,17)/b4-3+. The predicted octanol–water partition coefficient (Wildman–Crippen LogP) is 1.51. The van der Waals surface area contributed by atoms with Gasteiger partial charge in [0.2, 0.25) is 0 Å². The average Bonchev–Trinajstić information content (AvgIpc) is 3.07. The molecule has 0 aromatic carbocycles. The zero-order valence-corrected chi connectivity index (χ0v) is 10.3. The molecule has 1 aliphatic carbocycles. The first-order chi connectivity index (χ1) is 8.00. The molecule has 3 N–H and O–H groups in total. The summed E-state index contributed by atoms with van der Waals surface area (Å²) in [6.07, 6.45) is 6.32. The Morgan fingerprint density at radius 1 is 1.47 bits per heavy atom. The van der Waals surface area contributed by atoms with Gasteiger partial charge in [-0.3, -0.25) is 0 Å². The van der Waals surface area contributed by atoms with Crippen LogP contribution >= 0.6 is 0 Å². The molecule has 0 aromatic rings. The zero-order valence-electron chi connectivity index (χ0n) is 10.3. The van der Waals surface area contributed by atoms with Crippen molar-refractivity contribution in [2.75, 3.05) is 6.54 Å². The smallest absolute Gasteiger partial charge is 0.329 e. The van der Waals surface area contributed by atoms with Crippen molar-refractivity contribution in [2.45, 2.75) is 38.6 Å². The van der Waals surface area contributed by atoms with Crippen LogP contribution in [-0.2, 0) is 4.79 Å². The number of carbonyl (C=O) groups is 2. The Balaban J connectivity index is 2.40. The Kier molecular flexibility index (Phi) is 4.54. The highest BCUT2D eigenvalue weighted by Gasteiger charge is 2.48. The summed E-state index contributed by atoms with van der Waals surface area (Å²) in [7, 11) is 0. The van der Waals surface area contributed by atoms with E-state index >= 15 is 0 Å². The van der Waals surface area contributed by atoms with Gasteiger partial charge < -0.3 is 15.7 Å². The van der Waals surface area contributed by atoms with Gasteiger partial charge in [0, 0.05) is 6.54 Å². The lowest BCUT2D eigenvalue weighted by atomic mass is 9.96. The summed E-state index contributed by atoms with van der Waals surface area (Å²) in [4.78, 5) is 22.7. The quantitative estimate of drug-likeness (QED) is 0.486. The number of carboxylic acids is 1. The molecule has 5 nitrogen and oxygen atoms in total. The number of hydrogen-bond acceptors (Lipinski definition) is 2. The van der Waals surface area contributed by atoms with E-state index in [9.17, 15) is 9.59 Å². The average molecular weight is 240 g/mol. The summed E-state index contributed by atoms with van der Waals surface area (Å²) in [6, 6.07) is -0.411. The van der Waals surface area contributed by atoms with Gasteiger partial charge in [-0.15, -0.1) is 0 Å². The molecule has 1 unspecified atom stereocenters. The Morgan fingerprint density at radius 3 is 2.59 bits per heavy atom. The molecule has 0 radical (unpaired) electrons. The Bertz CT molecular complexity index is 324. The Hall–Kier alpha value is -1.52. The van der Waals surface area contributed by atoms with Crippen molar-refractivity contribution in [2.24, 2.45) is 5.92 Å². The molecule has 0 aromatic heterocycles. The van der Waals surface area contributed by atoms with Gasteiger partial charge in [0.25, 0.3) is 0 Å². The maximum atomic E-state index is 11.5. The van der Waals surface area contributed by atoms with E-state index in [4.69, 9.17) is 5.11 Å². The SMILES string of the molecule is C/C=C/CCNC(=O)NC(C)(C(=O)O)C1CC1. The number of rotatable bonds is 6. The summed E-state index contributed by atoms with van der Waals surface area (Å²) >= 11 is 0. The van der Waals surface area contributed by atoms with Gasteiger partial charge in [-0.2, -0.15) is 0 Å². The molecular formula is C12H20N2O3. The minimum absolute atomic E-state index is 0.0567. The van der Waals surface area contributed by atoms with Crippen molar-refractivity contribution in [1.82, 2.24) is 10.6 Å². The second-order valence-corrected chi connectivity index (χ2v) is 4.52. The fourth-order valence-corrected chi connectivity index (χ4v) is 1.71. The number of amides is 2. The third kappa shape index (κ3) is 3.76. The highest BCUT2D eigenvalue weighted by molar-refractivity contribution is 5.86. The first kappa shape index (κ1) is 13.5. The number of nitrogens with one attached hydrogen (secondary N) is 2. The van der Waals surface area contributed by atoms with Crippen molar-refractivity contribution in [1.29, 1.82) is 0 Å². The van der Waals surface area contributed by atoms with E-state index in [1.807, 2.05) is 19.1 Å². The van der Waals surface area contributed by atoms with Gasteiger partial charge in [0.1, 0.15) is 5.54 Å². The Morgan fingerprint density at radius 2 is 2.12 bits per heavy atom. The van der Waals surface area contributed by atoms with Crippen LogP contribution in [0.1, 0.15) is 33.1 Å². The summed E-state index contributed by atoms with van der Waals surface area (Å²) in [6.45, 7) is 3.99. The number of allylic oxidation sites excluding steroid dienone is 1. The van der Waals surface area contributed by atoms with E-state index in [0.717, 1.165) is 19.3 Å². The summed E-state index contributed by atoms with van der Waals surface area (Å²) < 4.78 is 0. The van der Waals surface area contributed by atoms with Crippen LogP contribution in [-0.4, -0.2) is 29.2 Å². The molecule has 2 amide bonds. The van der Waals surface area contributed by atoms with Crippen LogP contribution in [0.15, 0.2) is 12.2 Å². The third-order valence-electron chi connectivity index (χ3n) is 3.04. The fourth-order valence-electron chi connectivity index (χ4n) is 1.71. The van der Waals surface area contributed by atoms with E-state index in [1.165, 1.54) is 0 Å². The molecule has 0 aliphatic heterocycles. The molecule has 1 aliphatic rings. The molecule has 17 heavy (non-hydrogen) atoms. The van der Waals surface area contributed by atoms with Crippen LogP contribution in [0.3, 0.4) is 0 Å². The molecule has 0 heterocycles. The van der Waals surface area contributed by atoms with E-state index in [2.05, 4.69) is 10.6 Å². The second kappa shape index (κ2) is 5.70. The van der Waals surface area contributed by atoms with Crippen LogP contribution in [0.4, 0.5) is 4.79 Å². The van der Waals surface area contributed by atoms with Crippen molar-refractivity contribution in [3.8, 4) is 0 Å². The lowest BCUT2D eigenvalue weighted by Gasteiger charge is -2.26. The van der Waals surface area contributed by atoms with Gasteiger partial charge in [-0.05, 0) is 39.0 Å². The lowest BCUT2D eigenvalue weighted by Crippen LogP contribution is -2.56. The number of urea groups is 1. The first-order valence-corrected chi connectivity index (χ1v) is 5.91.